The van der Waals surface area contributed by atoms with Crippen LogP contribution >= 0.6 is 7.60 Å². The van der Waals surface area contributed by atoms with E-state index in [1.807, 2.05) is 0 Å². The molecule has 0 aromatic carbocycles. The van der Waals surface area contributed by atoms with Crippen LogP contribution in [0.15, 0.2) is 11.1 Å². The van der Waals surface area contributed by atoms with Crippen molar-refractivity contribution in [2.75, 3.05) is 12.1 Å². The van der Waals surface area contributed by atoms with Gasteiger partial charge in [0.25, 0.3) is 0 Å². The Kier molecular flexibility index (Phi) is 4.35. The summed E-state index contributed by atoms with van der Waals surface area (Å²) in [4.78, 5) is 35.5. The average Bonchev–Trinajstić information content (AvgIpc) is 2.18. The van der Waals surface area contributed by atoms with Crippen LogP contribution in [-0.4, -0.2) is 36.8 Å². The molecule has 0 unspecified atom stereocenters. The zero-order valence-corrected chi connectivity index (χ0v) is 9.95. The van der Waals surface area contributed by atoms with Gasteiger partial charge in [-0.15, -0.1) is 0 Å². The molecule has 4 N–H and O–H groups in total. The number of anilines is 1. The normalized spacial score (nSPS) is 13.6. The lowest BCUT2D eigenvalue weighted by atomic mass is 10.4. The highest BCUT2D eigenvalue weighted by Crippen LogP contribution is 2.34. The summed E-state index contributed by atoms with van der Waals surface area (Å²) in [6, 6.07) is 0. The first kappa shape index (κ1) is 13.8. The Morgan fingerprint density at radius 1 is 1.65 bits per heavy atom. The summed E-state index contributed by atoms with van der Waals surface area (Å²) < 4.78 is 16.6. The molecule has 1 rings (SSSR count). The molecule has 0 fully saturated rings. The molecular weight excluding hydrogens is 251 g/mol. The quantitative estimate of drug-likeness (QED) is 0.561. The van der Waals surface area contributed by atoms with Gasteiger partial charge in [0.2, 0.25) is 5.95 Å². The molecule has 0 aliphatic carbocycles. The van der Waals surface area contributed by atoms with Gasteiger partial charge in [0, 0.05) is 0 Å². The van der Waals surface area contributed by atoms with Gasteiger partial charge in [-0.1, -0.05) is 0 Å². The van der Waals surface area contributed by atoms with Gasteiger partial charge in [0.1, 0.15) is 12.7 Å². The number of nitrogen functional groups attached to an aromatic ring is 1. The van der Waals surface area contributed by atoms with Gasteiger partial charge in [-0.3, -0.25) is 9.13 Å². The number of hydrogen-bond donors (Lipinski definition) is 3. The van der Waals surface area contributed by atoms with Crippen LogP contribution < -0.4 is 11.4 Å². The minimum atomic E-state index is -4.20. The summed E-state index contributed by atoms with van der Waals surface area (Å²) in [5.74, 6) is -0.130. The Hall–Kier alpha value is -1.28. The molecule has 96 valence electrons. The Bertz CT molecular complexity index is 483. The van der Waals surface area contributed by atoms with Crippen LogP contribution in [-0.2, 0) is 15.8 Å². The summed E-state index contributed by atoms with van der Waals surface area (Å²) in [5, 5.41) is 0. The summed E-state index contributed by atoms with van der Waals surface area (Å²) >= 11 is 0. The van der Waals surface area contributed by atoms with Crippen LogP contribution in [0.5, 0.6) is 0 Å². The number of hydrogen-bond acceptors (Lipinski definition) is 6. The van der Waals surface area contributed by atoms with Crippen LogP contribution in [0.25, 0.3) is 0 Å². The van der Waals surface area contributed by atoms with Crippen molar-refractivity contribution in [2.45, 2.75) is 19.6 Å². The summed E-state index contributed by atoms with van der Waals surface area (Å²) in [7, 11) is -4.20. The van der Waals surface area contributed by atoms with Gasteiger partial charge in [-0.2, -0.15) is 4.98 Å². The highest BCUT2D eigenvalue weighted by atomic mass is 31.2. The summed E-state index contributed by atoms with van der Waals surface area (Å²) in [6.45, 7) is 1.65. The van der Waals surface area contributed by atoms with Gasteiger partial charge < -0.3 is 20.3 Å². The number of aromatic nitrogens is 3. The van der Waals surface area contributed by atoms with Gasteiger partial charge >= 0.3 is 13.3 Å². The van der Waals surface area contributed by atoms with E-state index in [1.54, 1.807) is 6.92 Å². The topological polar surface area (TPSA) is 141 Å². The van der Waals surface area contributed by atoms with E-state index < -0.39 is 25.7 Å². The van der Waals surface area contributed by atoms with Crippen molar-refractivity contribution in [1.29, 1.82) is 0 Å². The van der Waals surface area contributed by atoms with Gasteiger partial charge in [0.05, 0.1) is 12.6 Å². The SMILES string of the molecule is C[C@@H](Cn1cnc(N)nc1=O)OCP(=O)(O)O. The zero-order chi connectivity index (χ0) is 13.1. The fourth-order valence-corrected chi connectivity index (χ4v) is 1.50. The molecule has 10 heteroatoms. The minimum Gasteiger partial charge on any atom is -0.368 e. The van der Waals surface area contributed by atoms with Crippen molar-refractivity contribution < 1.29 is 19.1 Å². The van der Waals surface area contributed by atoms with Crippen molar-refractivity contribution in [1.82, 2.24) is 14.5 Å². The number of rotatable bonds is 5. The molecule has 1 atom stereocenters. The highest BCUT2D eigenvalue weighted by Gasteiger charge is 2.16. The number of nitrogens with two attached hydrogens (primary N) is 1. The highest BCUT2D eigenvalue weighted by molar-refractivity contribution is 7.51. The monoisotopic (exact) mass is 264 g/mol. The molecule has 0 spiro atoms. The van der Waals surface area contributed by atoms with Crippen LogP contribution in [0.3, 0.4) is 0 Å². The van der Waals surface area contributed by atoms with Crippen molar-refractivity contribution in [3.63, 3.8) is 0 Å². The molecule has 1 heterocycles. The van der Waals surface area contributed by atoms with Gasteiger partial charge in [0.15, 0.2) is 0 Å². The molecule has 0 aliphatic rings. The Balaban J connectivity index is 2.59. The van der Waals surface area contributed by atoms with E-state index in [-0.39, 0.29) is 12.5 Å². The first-order valence-corrected chi connectivity index (χ1v) is 6.43. The second kappa shape index (κ2) is 5.37. The maximum Gasteiger partial charge on any atom is 0.352 e. The third-order valence-corrected chi connectivity index (χ3v) is 2.25. The smallest absolute Gasteiger partial charge is 0.352 e. The fourth-order valence-electron chi connectivity index (χ4n) is 1.05. The number of ether oxygens (including phenoxy) is 1. The standard InChI is InChI=1S/C7H13N4O5P/c1-5(16-4-17(13,14)15)2-11-3-9-6(8)10-7(11)12/h3,5H,2,4H2,1H3,(H2,8,10,12)(H2,13,14,15)/t5-/m0/s1. The van der Waals surface area contributed by atoms with Crippen molar-refractivity contribution in [3.05, 3.63) is 16.8 Å². The van der Waals surface area contributed by atoms with Crippen molar-refractivity contribution in [3.8, 4) is 0 Å². The lowest BCUT2D eigenvalue weighted by Crippen LogP contribution is -2.29. The lowest BCUT2D eigenvalue weighted by molar-refractivity contribution is 0.0744. The predicted molar refractivity (Wildman–Crippen MR) is 58.2 cm³/mol. The van der Waals surface area contributed by atoms with E-state index in [0.29, 0.717) is 0 Å². The second-order valence-corrected chi connectivity index (χ2v) is 5.01. The zero-order valence-electron chi connectivity index (χ0n) is 9.05. The molecule has 0 amide bonds. The van der Waals surface area contributed by atoms with E-state index in [1.165, 1.54) is 6.33 Å². The number of nitrogens with zero attached hydrogens (tertiary/aromatic N) is 3. The first-order valence-electron chi connectivity index (χ1n) is 4.63. The van der Waals surface area contributed by atoms with E-state index in [0.717, 1.165) is 4.57 Å². The van der Waals surface area contributed by atoms with E-state index in [2.05, 4.69) is 9.97 Å². The maximum absolute atomic E-state index is 11.3. The molecule has 9 nitrogen and oxygen atoms in total. The van der Waals surface area contributed by atoms with Crippen LogP contribution in [0, 0.1) is 0 Å². The third kappa shape index (κ3) is 5.05. The molecule has 0 radical (unpaired) electrons. The Labute approximate surface area is 96.4 Å². The predicted octanol–water partition coefficient (Wildman–Crippen LogP) is -1.24. The van der Waals surface area contributed by atoms with E-state index in [9.17, 15) is 9.36 Å². The second-order valence-electron chi connectivity index (χ2n) is 3.42. The third-order valence-electron chi connectivity index (χ3n) is 1.77. The molecular formula is C7H13N4O5P. The molecule has 1 aromatic rings. The Morgan fingerprint density at radius 3 is 2.82 bits per heavy atom. The van der Waals surface area contributed by atoms with E-state index in [4.69, 9.17) is 20.3 Å². The minimum absolute atomic E-state index is 0.0825. The first-order chi connectivity index (χ1) is 7.78. The largest absolute Gasteiger partial charge is 0.368 e. The van der Waals surface area contributed by atoms with Crippen LogP contribution in [0.1, 0.15) is 6.92 Å². The van der Waals surface area contributed by atoms with Gasteiger partial charge in [-0.25, -0.2) is 9.78 Å². The molecule has 0 bridgehead atoms. The fraction of sp³-hybridized carbons (Fsp3) is 0.571. The maximum atomic E-state index is 11.3. The molecule has 1 aromatic heterocycles. The lowest BCUT2D eigenvalue weighted by Gasteiger charge is -2.14. The average molecular weight is 264 g/mol. The van der Waals surface area contributed by atoms with Crippen LogP contribution in [0.2, 0.25) is 0 Å². The van der Waals surface area contributed by atoms with Crippen LogP contribution in [0.4, 0.5) is 5.95 Å². The Morgan fingerprint density at radius 2 is 2.29 bits per heavy atom. The van der Waals surface area contributed by atoms with Crippen molar-refractivity contribution >= 4 is 13.5 Å². The molecule has 0 saturated heterocycles. The summed E-state index contributed by atoms with van der Waals surface area (Å²) in [5.41, 5.74) is 4.61. The van der Waals surface area contributed by atoms with E-state index >= 15 is 0 Å². The molecule has 0 aliphatic heterocycles. The van der Waals surface area contributed by atoms with Gasteiger partial charge in [-0.05, 0) is 6.92 Å². The molecule has 0 saturated carbocycles. The molecule has 17 heavy (non-hydrogen) atoms. The summed E-state index contributed by atoms with van der Waals surface area (Å²) in [6.07, 6.45) is -0.0617. The van der Waals surface area contributed by atoms with Crippen molar-refractivity contribution in [2.24, 2.45) is 0 Å².